The van der Waals surface area contributed by atoms with E-state index in [1.165, 1.54) is 12.1 Å². The van der Waals surface area contributed by atoms with Gasteiger partial charge in [-0.05, 0) is 38.0 Å². The molecular formula is C14H21ClF2N2O2. The summed E-state index contributed by atoms with van der Waals surface area (Å²) in [6.45, 7) is 1.23. The van der Waals surface area contributed by atoms with Gasteiger partial charge in [-0.25, -0.2) is 0 Å². The molecule has 1 aromatic carbocycles. The highest BCUT2D eigenvalue weighted by atomic mass is 35.5. The van der Waals surface area contributed by atoms with E-state index in [0.29, 0.717) is 19.4 Å². The van der Waals surface area contributed by atoms with Gasteiger partial charge in [-0.2, -0.15) is 8.78 Å². The first kappa shape index (κ1) is 19.6. The second kappa shape index (κ2) is 8.79. The van der Waals surface area contributed by atoms with Gasteiger partial charge in [-0.3, -0.25) is 4.79 Å². The van der Waals surface area contributed by atoms with Crippen LogP contribution in [-0.2, 0) is 11.2 Å². The van der Waals surface area contributed by atoms with Crippen molar-refractivity contribution in [1.82, 2.24) is 5.32 Å². The molecule has 0 fully saturated rings. The number of rotatable bonds is 7. The monoisotopic (exact) mass is 322 g/mol. The first-order valence-corrected chi connectivity index (χ1v) is 6.37. The van der Waals surface area contributed by atoms with Gasteiger partial charge in [0.1, 0.15) is 5.75 Å². The Hall–Kier alpha value is -1.40. The lowest BCUT2D eigenvalue weighted by Crippen LogP contribution is -2.48. The third kappa shape index (κ3) is 7.82. The Kier molecular flexibility index (Phi) is 8.21. The average molecular weight is 323 g/mol. The van der Waals surface area contributed by atoms with Crippen molar-refractivity contribution in [2.45, 2.75) is 38.8 Å². The number of ether oxygens (including phenoxy) is 1. The lowest BCUT2D eigenvalue weighted by atomic mass is 10.0. The summed E-state index contributed by atoms with van der Waals surface area (Å²) < 4.78 is 28.2. The fraction of sp³-hybridized carbons (Fsp3) is 0.500. The molecule has 0 saturated heterocycles. The quantitative estimate of drug-likeness (QED) is 0.810. The standard InChI is InChI=1S/C14H20F2N2O2.ClH/c1-14(2,9-17)18-12(19)8-5-10-3-6-11(7-4-10)20-13(15)16;/h3-4,6-7,13H,5,8-9,17H2,1-2H3,(H,18,19);1H. The van der Waals surface area contributed by atoms with Crippen LogP contribution in [0.5, 0.6) is 5.75 Å². The van der Waals surface area contributed by atoms with Crippen molar-refractivity contribution in [3.05, 3.63) is 29.8 Å². The molecule has 1 rings (SSSR count). The van der Waals surface area contributed by atoms with Crippen LogP contribution in [0, 0.1) is 0 Å². The van der Waals surface area contributed by atoms with Crippen molar-refractivity contribution in [3.8, 4) is 5.75 Å². The number of alkyl halides is 2. The Morgan fingerprint density at radius 1 is 1.33 bits per heavy atom. The second-order valence-electron chi connectivity index (χ2n) is 5.16. The SMILES string of the molecule is CC(C)(CN)NC(=O)CCc1ccc(OC(F)F)cc1.Cl. The summed E-state index contributed by atoms with van der Waals surface area (Å²) in [6.07, 6.45) is 0.847. The molecule has 0 aliphatic rings. The molecule has 0 unspecified atom stereocenters. The minimum Gasteiger partial charge on any atom is -0.435 e. The van der Waals surface area contributed by atoms with Gasteiger partial charge in [0.15, 0.2) is 0 Å². The molecule has 3 N–H and O–H groups in total. The predicted octanol–water partition coefficient (Wildman–Crippen LogP) is 2.50. The topological polar surface area (TPSA) is 64.3 Å². The van der Waals surface area contributed by atoms with E-state index in [1.807, 2.05) is 13.8 Å². The fourth-order valence-electron chi connectivity index (χ4n) is 1.59. The number of halogens is 3. The zero-order valence-corrected chi connectivity index (χ0v) is 12.9. The molecule has 0 aliphatic carbocycles. The van der Waals surface area contributed by atoms with Crippen LogP contribution < -0.4 is 15.8 Å². The van der Waals surface area contributed by atoms with E-state index < -0.39 is 12.2 Å². The molecule has 21 heavy (non-hydrogen) atoms. The van der Waals surface area contributed by atoms with Gasteiger partial charge in [0, 0.05) is 18.5 Å². The van der Waals surface area contributed by atoms with Crippen LogP contribution in [-0.4, -0.2) is 24.6 Å². The third-order valence-corrected chi connectivity index (χ3v) is 2.78. The zero-order valence-electron chi connectivity index (χ0n) is 12.1. The molecule has 0 heterocycles. The Morgan fingerprint density at radius 3 is 2.38 bits per heavy atom. The Balaban J connectivity index is 0.00000400. The maximum Gasteiger partial charge on any atom is 0.387 e. The van der Waals surface area contributed by atoms with Crippen molar-refractivity contribution in [2.75, 3.05) is 6.54 Å². The molecular weight excluding hydrogens is 302 g/mol. The van der Waals surface area contributed by atoms with Crippen molar-refractivity contribution in [1.29, 1.82) is 0 Å². The summed E-state index contributed by atoms with van der Waals surface area (Å²) in [7, 11) is 0. The van der Waals surface area contributed by atoms with Crippen LogP contribution in [0.2, 0.25) is 0 Å². The van der Waals surface area contributed by atoms with Gasteiger partial charge < -0.3 is 15.8 Å². The molecule has 0 atom stereocenters. The minimum absolute atomic E-state index is 0. The number of nitrogens with two attached hydrogens (primary N) is 1. The number of nitrogens with one attached hydrogen (secondary N) is 1. The number of hydrogen-bond acceptors (Lipinski definition) is 3. The number of aryl methyl sites for hydroxylation is 1. The van der Waals surface area contributed by atoms with Crippen molar-refractivity contribution in [3.63, 3.8) is 0 Å². The van der Waals surface area contributed by atoms with Gasteiger partial charge in [-0.15, -0.1) is 12.4 Å². The number of carbonyl (C=O) groups is 1. The molecule has 120 valence electrons. The van der Waals surface area contributed by atoms with Gasteiger partial charge >= 0.3 is 6.61 Å². The van der Waals surface area contributed by atoms with Crippen molar-refractivity contribution < 1.29 is 18.3 Å². The van der Waals surface area contributed by atoms with Crippen molar-refractivity contribution in [2.24, 2.45) is 5.73 Å². The van der Waals surface area contributed by atoms with E-state index in [1.54, 1.807) is 12.1 Å². The summed E-state index contributed by atoms with van der Waals surface area (Å²) in [5.74, 6) is 0.0193. The highest BCUT2D eigenvalue weighted by molar-refractivity contribution is 5.85. The molecule has 0 bridgehead atoms. The van der Waals surface area contributed by atoms with Crippen LogP contribution in [0.4, 0.5) is 8.78 Å². The van der Waals surface area contributed by atoms with E-state index >= 15 is 0 Å². The number of amides is 1. The van der Waals surface area contributed by atoms with E-state index in [0.717, 1.165) is 5.56 Å². The van der Waals surface area contributed by atoms with Crippen LogP contribution in [0.3, 0.4) is 0 Å². The summed E-state index contributed by atoms with van der Waals surface area (Å²) in [4.78, 5) is 11.7. The maximum absolute atomic E-state index is 12.0. The first-order valence-electron chi connectivity index (χ1n) is 6.37. The number of carbonyl (C=O) groups excluding carboxylic acids is 1. The normalized spacial score (nSPS) is 11.0. The minimum atomic E-state index is -2.83. The van der Waals surface area contributed by atoms with E-state index in [-0.39, 0.29) is 24.1 Å². The number of benzene rings is 1. The lowest BCUT2D eigenvalue weighted by Gasteiger charge is -2.24. The smallest absolute Gasteiger partial charge is 0.387 e. The molecule has 4 nitrogen and oxygen atoms in total. The van der Waals surface area contributed by atoms with Crippen LogP contribution in [0.1, 0.15) is 25.8 Å². The van der Waals surface area contributed by atoms with Gasteiger partial charge in [-0.1, -0.05) is 12.1 Å². The van der Waals surface area contributed by atoms with Crippen LogP contribution >= 0.6 is 12.4 Å². The summed E-state index contributed by atoms with van der Waals surface area (Å²) in [5.41, 5.74) is 5.99. The molecule has 0 aromatic heterocycles. The second-order valence-corrected chi connectivity index (χ2v) is 5.16. The van der Waals surface area contributed by atoms with Gasteiger partial charge in [0.2, 0.25) is 5.91 Å². The largest absolute Gasteiger partial charge is 0.435 e. The molecule has 0 spiro atoms. The van der Waals surface area contributed by atoms with E-state index in [4.69, 9.17) is 5.73 Å². The maximum atomic E-state index is 12.0. The molecule has 7 heteroatoms. The highest BCUT2D eigenvalue weighted by Gasteiger charge is 2.17. The average Bonchev–Trinajstić information content (AvgIpc) is 2.37. The summed E-state index contributed by atoms with van der Waals surface area (Å²) in [6, 6.07) is 6.25. The fourth-order valence-corrected chi connectivity index (χ4v) is 1.59. The zero-order chi connectivity index (χ0) is 15.2. The van der Waals surface area contributed by atoms with Gasteiger partial charge in [0.25, 0.3) is 0 Å². The van der Waals surface area contributed by atoms with E-state index in [9.17, 15) is 13.6 Å². The summed E-state index contributed by atoms with van der Waals surface area (Å²) >= 11 is 0. The summed E-state index contributed by atoms with van der Waals surface area (Å²) in [5, 5.41) is 2.83. The Bertz CT molecular complexity index is 439. The van der Waals surface area contributed by atoms with Crippen LogP contribution in [0.15, 0.2) is 24.3 Å². The molecule has 1 amide bonds. The third-order valence-electron chi connectivity index (χ3n) is 2.78. The molecule has 0 aliphatic heterocycles. The highest BCUT2D eigenvalue weighted by Crippen LogP contribution is 2.15. The Labute approximate surface area is 129 Å². The first-order chi connectivity index (χ1) is 9.32. The Morgan fingerprint density at radius 2 is 1.90 bits per heavy atom. The predicted molar refractivity (Wildman–Crippen MR) is 79.9 cm³/mol. The van der Waals surface area contributed by atoms with Crippen LogP contribution in [0.25, 0.3) is 0 Å². The van der Waals surface area contributed by atoms with Crippen molar-refractivity contribution >= 4 is 18.3 Å². The van der Waals surface area contributed by atoms with E-state index in [2.05, 4.69) is 10.1 Å². The molecule has 0 radical (unpaired) electrons. The molecule has 0 saturated carbocycles. The lowest BCUT2D eigenvalue weighted by molar-refractivity contribution is -0.122. The number of hydrogen-bond donors (Lipinski definition) is 2. The van der Waals surface area contributed by atoms with Gasteiger partial charge in [0.05, 0.1) is 0 Å². The molecule has 1 aromatic rings.